The van der Waals surface area contributed by atoms with Gasteiger partial charge in [0.15, 0.2) is 0 Å². The minimum atomic E-state index is -1.01. The third-order valence-electron chi connectivity index (χ3n) is 7.30. The van der Waals surface area contributed by atoms with E-state index in [1.807, 2.05) is 6.07 Å². The second kappa shape index (κ2) is 12.1. The summed E-state index contributed by atoms with van der Waals surface area (Å²) in [4.78, 5) is 22.9. The normalized spacial score (nSPS) is 21.6. The molecule has 8 heteroatoms. The highest BCUT2D eigenvalue weighted by Gasteiger charge is 2.38. The summed E-state index contributed by atoms with van der Waals surface area (Å²) < 4.78 is 27.5. The van der Waals surface area contributed by atoms with Gasteiger partial charge < -0.3 is 21.1 Å². The lowest BCUT2D eigenvalue weighted by atomic mass is 9.73. The topological polar surface area (TPSA) is 90.5 Å². The van der Waals surface area contributed by atoms with E-state index in [0.29, 0.717) is 5.56 Å². The summed E-state index contributed by atoms with van der Waals surface area (Å²) in [5.41, 5.74) is 2.19. The van der Waals surface area contributed by atoms with E-state index in [-0.39, 0.29) is 30.3 Å². The maximum absolute atomic E-state index is 13.7. The summed E-state index contributed by atoms with van der Waals surface area (Å²) in [5, 5.41) is 20.4. The van der Waals surface area contributed by atoms with Crippen molar-refractivity contribution in [1.82, 2.24) is 16.0 Å². The van der Waals surface area contributed by atoms with E-state index >= 15 is 0 Å². The first-order valence-corrected chi connectivity index (χ1v) is 12.9. The van der Waals surface area contributed by atoms with Crippen LogP contribution < -0.4 is 16.0 Å². The Balaban J connectivity index is 1.84. The molecule has 1 saturated carbocycles. The SMILES string of the molecule is CC(=O)NC(Cc1cc(F)cc(F)c1)C(O)CNC1(c2cccc(C(C)(C)C)c2)CCC(NC=O)CC1. The Morgan fingerprint density at radius 1 is 1.14 bits per heavy atom. The zero-order chi connectivity index (χ0) is 27.2. The summed E-state index contributed by atoms with van der Waals surface area (Å²) in [6.45, 7) is 7.99. The van der Waals surface area contributed by atoms with E-state index in [2.05, 4.69) is 54.9 Å². The van der Waals surface area contributed by atoms with Gasteiger partial charge in [0.25, 0.3) is 0 Å². The van der Waals surface area contributed by atoms with E-state index in [9.17, 15) is 23.5 Å². The summed E-state index contributed by atoms with van der Waals surface area (Å²) in [6.07, 6.45) is 2.86. The van der Waals surface area contributed by atoms with Gasteiger partial charge in [0.1, 0.15) is 11.6 Å². The lowest BCUT2D eigenvalue weighted by Gasteiger charge is -2.43. The molecule has 0 spiro atoms. The fourth-order valence-corrected chi connectivity index (χ4v) is 5.19. The van der Waals surface area contributed by atoms with E-state index in [1.54, 1.807) is 0 Å². The van der Waals surface area contributed by atoms with Crippen LogP contribution >= 0.6 is 0 Å². The Labute approximate surface area is 218 Å². The highest BCUT2D eigenvalue weighted by Crippen LogP contribution is 2.39. The number of nitrogens with one attached hydrogen (secondary N) is 3. The average molecular weight is 516 g/mol. The zero-order valence-corrected chi connectivity index (χ0v) is 22.1. The van der Waals surface area contributed by atoms with Crippen molar-refractivity contribution in [2.24, 2.45) is 0 Å². The molecule has 0 bridgehead atoms. The van der Waals surface area contributed by atoms with Crippen LogP contribution in [0, 0.1) is 11.6 Å². The number of hydrogen-bond donors (Lipinski definition) is 4. The first kappa shape index (κ1) is 28.7. The van der Waals surface area contributed by atoms with Gasteiger partial charge in [-0.3, -0.25) is 9.59 Å². The van der Waals surface area contributed by atoms with Crippen LogP contribution in [0.1, 0.15) is 70.1 Å². The first-order chi connectivity index (χ1) is 17.4. The molecule has 0 saturated heterocycles. The highest BCUT2D eigenvalue weighted by atomic mass is 19.1. The molecule has 4 N–H and O–H groups in total. The molecule has 2 aromatic rings. The molecule has 2 aromatic carbocycles. The molecule has 0 aliphatic heterocycles. The van der Waals surface area contributed by atoms with Crippen LogP contribution in [-0.2, 0) is 27.0 Å². The van der Waals surface area contributed by atoms with E-state index < -0.39 is 29.3 Å². The maximum atomic E-state index is 13.7. The number of aliphatic hydroxyl groups excluding tert-OH is 1. The molecule has 3 rings (SSSR count). The van der Waals surface area contributed by atoms with E-state index in [1.165, 1.54) is 24.6 Å². The van der Waals surface area contributed by atoms with Crippen LogP contribution in [0.5, 0.6) is 0 Å². The minimum Gasteiger partial charge on any atom is -0.390 e. The minimum absolute atomic E-state index is 0.0380. The zero-order valence-electron chi connectivity index (χ0n) is 22.1. The van der Waals surface area contributed by atoms with Crippen molar-refractivity contribution < 1.29 is 23.5 Å². The Kier molecular flexibility index (Phi) is 9.42. The molecule has 1 aliphatic rings. The van der Waals surface area contributed by atoms with Gasteiger partial charge in [-0.15, -0.1) is 0 Å². The summed E-state index contributed by atoms with van der Waals surface area (Å²) in [6, 6.07) is 11.0. The second-order valence-corrected chi connectivity index (χ2v) is 11.2. The predicted molar refractivity (Wildman–Crippen MR) is 140 cm³/mol. The molecule has 2 atom stereocenters. The lowest BCUT2D eigenvalue weighted by Crippen LogP contribution is -2.54. The largest absolute Gasteiger partial charge is 0.390 e. The van der Waals surface area contributed by atoms with E-state index in [0.717, 1.165) is 43.7 Å². The number of benzene rings is 2. The highest BCUT2D eigenvalue weighted by molar-refractivity contribution is 5.73. The van der Waals surface area contributed by atoms with Crippen LogP contribution in [0.3, 0.4) is 0 Å². The fraction of sp³-hybridized carbons (Fsp3) is 0.517. The van der Waals surface area contributed by atoms with E-state index in [4.69, 9.17) is 0 Å². The molecule has 202 valence electrons. The molecule has 6 nitrogen and oxygen atoms in total. The number of hydrogen-bond acceptors (Lipinski definition) is 4. The van der Waals surface area contributed by atoms with Crippen molar-refractivity contribution in [3.05, 3.63) is 70.8 Å². The Bertz CT molecular complexity index is 1060. The molecule has 0 heterocycles. The molecule has 2 unspecified atom stereocenters. The van der Waals surface area contributed by atoms with Gasteiger partial charge in [-0.1, -0.05) is 45.0 Å². The Morgan fingerprint density at radius 3 is 2.35 bits per heavy atom. The maximum Gasteiger partial charge on any atom is 0.217 e. The van der Waals surface area contributed by atoms with Crippen LogP contribution in [0.4, 0.5) is 8.78 Å². The predicted octanol–water partition coefficient (Wildman–Crippen LogP) is 3.84. The van der Waals surface area contributed by atoms with Gasteiger partial charge in [-0.2, -0.15) is 0 Å². The van der Waals surface area contributed by atoms with Crippen molar-refractivity contribution in [2.45, 2.75) is 88.9 Å². The molecular formula is C29H39F2N3O3. The van der Waals surface area contributed by atoms with Gasteiger partial charge in [0.05, 0.1) is 12.1 Å². The number of halogens is 2. The monoisotopic (exact) mass is 515 g/mol. The van der Waals surface area contributed by atoms with Gasteiger partial charge in [0.2, 0.25) is 12.3 Å². The molecule has 2 amide bonds. The fourth-order valence-electron chi connectivity index (χ4n) is 5.19. The molecular weight excluding hydrogens is 476 g/mol. The van der Waals surface area contributed by atoms with Crippen LogP contribution in [-0.4, -0.2) is 42.2 Å². The van der Waals surface area contributed by atoms with Crippen LogP contribution in [0.25, 0.3) is 0 Å². The Hall–Kier alpha value is -2.84. The van der Waals surface area contributed by atoms with Gasteiger partial charge >= 0.3 is 0 Å². The van der Waals surface area contributed by atoms with Gasteiger partial charge in [-0.25, -0.2) is 8.78 Å². The molecule has 0 radical (unpaired) electrons. The van der Waals surface area contributed by atoms with Gasteiger partial charge in [0, 0.05) is 31.1 Å². The summed E-state index contributed by atoms with van der Waals surface area (Å²) >= 11 is 0. The van der Waals surface area contributed by atoms with Crippen molar-refractivity contribution in [2.75, 3.05) is 6.54 Å². The molecule has 1 aliphatic carbocycles. The average Bonchev–Trinajstić information content (AvgIpc) is 2.82. The number of carbonyl (C=O) groups is 2. The number of aliphatic hydroxyl groups is 1. The molecule has 37 heavy (non-hydrogen) atoms. The third-order valence-corrected chi connectivity index (χ3v) is 7.30. The van der Waals surface area contributed by atoms with Crippen molar-refractivity contribution in [3.8, 4) is 0 Å². The third kappa shape index (κ3) is 7.82. The molecule has 1 fully saturated rings. The summed E-state index contributed by atoms with van der Waals surface area (Å²) in [5.74, 6) is -1.75. The van der Waals surface area contributed by atoms with Gasteiger partial charge in [-0.05, 0) is 66.3 Å². The van der Waals surface area contributed by atoms with Crippen molar-refractivity contribution >= 4 is 12.3 Å². The Morgan fingerprint density at radius 2 is 1.78 bits per heavy atom. The number of rotatable bonds is 10. The van der Waals surface area contributed by atoms with Crippen molar-refractivity contribution in [3.63, 3.8) is 0 Å². The number of carbonyl (C=O) groups excluding carboxylic acids is 2. The smallest absolute Gasteiger partial charge is 0.217 e. The standard InChI is InChI=1S/C29H39F2N3O3/c1-19(36)34-26(14-20-12-23(30)16-24(31)13-20)27(37)17-33-29(10-8-25(9-11-29)32-18-35)22-7-5-6-21(15-22)28(2,3)4/h5-7,12-13,15-16,18,25-27,33,37H,8-11,14,17H2,1-4H3,(H,32,35)(H,34,36). The second-order valence-electron chi connectivity index (χ2n) is 11.2. The molecule has 0 aromatic heterocycles. The number of amides is 2. The van der Waals surface area contributed by atoms with Crippen LogP contribution in [0.15, 0.2) is 42.5 Å². The van der Waals surface area contributed by atoms with Crippen LogP contribution in [0.2, 0.25) is 0 Å². The first-order valence-electron chi connectivity index (χ1n) is 12.9. The quantitative estimate of drug-likeness (QED) is 0.362. The van der Waals surface area contributed by atoms with Crippen molar-refractivity contribution in [1.29, 1.82) is 0 Å². The lowest BCUT2D eigenvalue weighted by molar-refractivity contribution is -0.120. The summed E-state index contributed by atoms with van der Waals surface area (Å²) in [7, 11) is 0.